The van der Waals surface area contributed by atoms with Crippen molar-refractivity contribution < 1.29 is 0 Å². The van der Waals surface area contributed by atoms with Gasteiger partial charge in [0.15, 0.2) is 0 Å². The lowest BCUT2D eigenvalue weighted by molar-refractivity contribution is 0.670. The number of rotatable bonds is 56. The van der Waals surface area contributed by atoms with Crippen LogP contribution in [0.3, 0.4) is 0 Å². The molecule has 0 fully saturated rings. The SMILES string of the molecule is CCCCCCc1ccc(-c2cc(-c3ccc(-c4cc(-c5ccc(-c6cc(-c7ccc(CCCCCC)s7)c(-c7ccc(CCCCCC)s7)s6)s5)c(-c5ccc(-c6cc(-c7ccc(CCCCCC)s7)c(-c7ccc(CCCCCC)s7)s6)s5)cc4-c4ccc(-c5cc(-c6ccc(CCCCCC)s6)c(-c6ccc(CCCCCC)s6)s5)s4)s3)sc2-c2ccc(CCCCCC)s2)s1. The topological polar surface area (TPSA) is 0 Å². The van der Waals surface area contributed by atoms with Crippen LogP contribution in [0.2, 0.25) is 0 Å². The average Bonchev–Trinajstić information content (AvgIpc) is 1.55. The summed E-state index contributed by atoms with van der Waals surface area (Å²) in [6, 6.07) is 74.9. The van der Waals surface area contributed by atoms with Gasteiger partial charge in [0.25, 0.3) is 0 Å². The zero-order valence-electron chi connectivity index (χ0n) is 80.1. The fraction of sp³-hybridized carbons (Fsp3) is 0.407. The second-order valence-corrected chi connectivity index (χ2v) is 54.5. The van der Waals surface area contributed by atoms with Crippen molar-refractivity contribution >= 4 is 181 Å². The third-order valence-electron chi connectivity index (χ3n) is 26.0. The highest BCUT2D eigenvalue weighted by atomic mass is 32.2. The van der Waals surface area contributed by atoms with Gasteiger partial charge in [-0.25, -0.2) is 0 Å². The summed E-state index contributed by atoms with van der Waals surface area (Å²) in [5.74, 6) is 0. The van der Waals surface area contributed by atoms with E-state index < -0.39 is 0 Å². The fourth-order valence-electron chi connectivity index (χ4n) is 18.4. The van der Waals surface area contributed by atoms with Crippen LogP contribution in [0.1, 0.15) is 300 Å². The molecule has 702 valence electrons. The Morgan fingerprint density at radius 1 is 0.119 bits per heavy atom. The smallest absolute Gasteiger partial charge is 0.0536 e. The maximum absolute atomic E-state index is 2.68. The van der Waals surface area contributed by atoms with Gasteiger partial charge in [0.1, 0.15) is 0 Å². The minimum atomic E-state index is 1.16. The minimum absolute atomic E-state index is 1.16. The molecule has 0 bridgehead atoms. The number of hydrogen-bond donors (Lipinski definition) is 0. The van der Waals surface area contributed by atoms with Crippen molar-refractivity contribution in [1.82, 2.24) is 0 Å². The molecule has 0 spiro atoms. The predicted molar refractivity (Wildman–Crippen MR) is 622 cm³/mol. The molecule has 16 heterocycles. The lowest BCUT2D eigenvalue weighted by atomic mass is 9.94. The molecule has 0 aliphatic heterocycles. The van der Waals surface area contributed by atoms with Crippen LogP contribution in [-0.2, 0) is 51.4 Å². The zero-order chi connectivity index (χ0) is 91.9. The van der Waals surface area contributed by atoms with E-state index in [4.69, 9.17) is 0 Å². The van der Waals surface area contributed by atoms with Gasteiger partial charge in [0.2, 0.25) is 0 Å². The lowest BCUT2D eigenvalue weighted by Crippen LogP contribution is -1.88. The molecule has 17 aromatic rings. The van der Waals surface area contributed by atoms with Gasteiger partial charge in [-0.1, -0.05) is 209 Å². The van der Waals surface area contributed by atoms with Crippen molar-refractivity contribution in [3.8, 4) is 162 Å². The monoisotopic (exact) mass is 2060 g/mol. The molecule has 17 rings (SSSR count). The van der Waals surface area contributed by atoms with Gasteiger partial charge in [0.05, 0.1) is 19.5 Å². The Morgan fingerprint density at radius 3 is 0.448 bits per heavy atom. The van der Waals surface area contributed by atoms with Crippen LogP contribution in [0.15, 0.2) is 182 Å². The number of thiophene rings is 16. The lowest BCUT2D eigenvalue weighted by Gasteiger charge is -2.15. The molecule has 0 aliphatic rings. The largest absolute Gasteiger partial charge is 0.140 e. The molecule has 0 saturated carbocycles. The first kappa shape index (κ1) is 100.0. The molecule has 0 amide bonds. The number of benzene rings is 1. The molecule has 0 N–H and O–H groups in total. The van der Waals surface area contributed by atoms with E-state index in [1.54, 1.807) is 0 Å². The third kappa shape index (κ3) is 25.7. The van der Waals surface area contributed by atoms with Crippen molar-refractivity contribution in [2.45, 2.75) is 312 Å². The summed E-state index contributed by atoms with van der Waals surface area (Å²) in [4.78, 5) is 45.0. The number of hydrogen-bond acceptors (Lipinski definition) is 16. The van der Waals surface area contributed by atoms with Crippen LogP contribution >= 0.6 is 181 Å². The Morgan fingerprint density at radius 2 is 0.269 bits per heavy atom. The molecule has 0 aliphatic carbocycles. The summed E-state index contributed by atoms with van der Waals surface area (Å²) in [6.07, 6.45) is 50.3. The van der Waals surface area contributed by atoms with E-state index in [0.717, 1.165) is 51.4 Å². The molecular weight excluding hydrogens is 1930 g/mol. The maximum Gasteiger partial charge on any atom is 0.0536 e. The van der Waals surface area contributed by atoms with Crippen LogP contribution in [0.4, 0.5) is 0 Å². The van der Waals surface area contributed by atoms with Crippen molar-refractivity contribution in [2.75, 3.05) is 0 Å². The van der Waals surface area contributed by atoms with Gasteiger partial charge in [-0.05, 0) is 285 Å². The van der Waals surface area contributed by atoms with Crippen molar-refractivity contribution in [3.05, 3.63) is 221 Å². The maximum atomic E-state index is 2.68. The van der Waals surface area contributed by atoms with Crippen LogP contribution in [0.25, 0.3) is 162 Å². The van der Waals surface area contributed by atoms with E-state index in [0.29, 0.717) is 0 Å². The summed E-state index contributed by atoms with van der Waals surface area (Å²) in [6.45, 7) is 18.6. The van der Waals surface area contributed by atoms with Gasteiger partial charge >= 0.3 is 0 Å². The van der Waals surface area contributed by atoms with E-state index in [9.17, 15) is 0 Å². The van der Waals surface area contributed by atoms with E-state index >= 15 is 0 Å². The van der Waals surface area contributed by atoms with E-state index in [1.807, 2.05) is 181 Å². The van der Waals surface area contributed by atoms with E-state index in [1.165, 1.54) is 406 Å². The van der Waals surface area contributed by atoms with Gasteiger partial charge in [-0.2, -0.15) is 0 Å². The van der Waals surface area contributed by atoms with E-state index in [2.05, 4.69) is 237 Å². The van der Waals surface area contributed by atoms with Crippen molar-refractivity contribution in [1.29, 1.82) is 0 Å². The molecule has 0 nitrogen and oxygen atoms in total. The molecule has 0 saturated heterocycles. The van der Waals surface area contributed by atoms with Crippen LogP contribution in [-0.4, -0.2) is 0 Å². The molecule has 134 heavy (non-hydrogen) atoms. The van der Waals surface area contributed by atoms with Gasteiger partial charge in [-0.15, -0.1) is 181 Å². The summed E-state index contributed by atoms with van der Waals surface area (Å²) >= 11 is 32.4. The van der Waals surface area contributed by atoms with Crippen LogP contribution < -0.4 is 0 Å². The zero-order valence-corrected chi connectivity index (χ0v) is 93.2. The quantitative estimate of drug-likeness (QED) is 0.0333. The third-order valence-corrected chi connectivity index (χ3v) is 45.8. The predicted octanol–water partition coefficient (Wildman–Crippen LogP) is 46.3. The summed E-state index contributed by atoms with van der Waals surface area (Å²) in [7, 11) is 0. The molecule has 0 atom stereocenters. The summed E-state index contributed by atoms with van der Waals surface area (Å²) in [5, 5.41) is 0. The molecular formula is C118H134S16. The minimum Gasteiger partial charge on any atom is -0.140 e. The highest BCUT2D eigenvalue weighted by Gasteiger charge is 2.29. The summed E-state index contributed by atoms with van der Waals surface area (Å²) in [5.41, 5.74) is 10.8. The van der Waals surface area contributed by atoms with Gasteiger partial charge in [0, 0.05) is 181 Å². The fourth-order valence-corrected chi connectivity index (χ4v) is 36.8. The molecule has 0 unspecified atom stereocenters. The first-order valence-electron chi connectivity index (χ1n) is 50.9. The van der Waals surface area contributed by atoms with E-state index in [-0.39, 0.29) is 0 Å². The van der Waals surface area contributed by atoms with Gasteiger partial charge in [-0.3, -0.25) is 0 Å². The highest BCUT2D eigenvalue weighted by molar-refractivity contribution is 7.31. The normalized spacial score (nSPS) is 11.9. The number of unbranched alkanes of at least 4 members (excludes halogenated alkanes) is 24. The van der Waals surface area contributed by atoms with Crippen LogP contribution in [0.5, 0.6) is 0 Å². The Balaban J connectivity index is 0.833. The second kappa shape index (κ2) is 50.7. The first-order chi connectivity index (χ1) is 66.0. The first-order valence-corrected chi connectivity index (χ1v) is 64.0. The van der Waals surface area contributed by atoms with Crippen molar-refractivity contribution in [2.24, 2.45) is 0 Å². The Kier molecular flexibility index (Phi) is 37.8. The summed E-state index contributed by atoms with van der Waals surface area (Å²) < 4.78 is 0. The highest BCUT2D eigenvalue weighted by Crippen LogP contribution is 2.58. The van der Waals surface area contributed by atoms with Crippen molar-refractivity contribution in [3.63, 3.8) is 0 Å². The average molecular weight is 2070 g/mol. The Bertz CT molecular complexity index is 5410. The second-order valence-electron chi connectivity index (χ2n) is 36.6. The molecule has 16 aromatic heterocycles. The molecule has 0 radical (unpaired) electrons. The van der Waals surface area contributed by atoms with Crippen LogP contribution in [0, 0.1) is 0 Å². The number of aryl methyl sites for hydroxylation is 8. The van der Waals surface area contributed by atoms with Gasteiger partial charge < -0.3 is 0 Å². The molecule has 16 heteroatoms. The Labute approximate surface area is 866 Å². The standard InChI is InChI=1S/C118H134S16/c1-9-17-25-33-41-79-49-57-99(119-79)91-75-111(131-115(91)107-61-53-83(123-107)45-37-29-21-13-5)103-69-65-95(127-103)87-73-89(97-67-71-105(129-97)113-77-93(101-59-51-81(121-101)43-35-27-19-11-3)117(133-113)109-63-55-85(125-109)47-39-31-23-15-7)90(98-68-72-106(130-98)114-78-94(102-60-52-82(122-102)44-36-28-20-12-4)118(134-114)110-64-56-86(126-110)48-40-32-24-16-8)74-88(87)96-66-70-104(128-96)112-76-92(100-58-50-80(120-100)42-34-26-18-10-2)116(132-112)108-62-54-84(124-108)46-38-30-22-14-6/h49-78H,9-48H2,1-8H3. The molecule has 1 aromatic carbocycles. The Hall–Kier alpha value is -5.58.